The molecule has 82 heavy (non-hydrogen) atoms. The van der Waals surface area contributed by atoms with E-state index < -0.39 is 32.5 Å². The molecule has 0 aliphatic carbocycles. The van der Waals surface area contributed by atoms with Crippen LogP contribution in [0.2, 0.25) is 0 Å². The lowest BCUT2D eigenvalue weighted by molar-refractivity contribution is -0.870. The molecule has 2 atom stereocenters. The fourth-order valence-corrected chi connectivity index (χ4v) is 9.42. The summed E-state index contributed by atoms with van der Waals surface area (Å²) in [4.78, 5) is 37.9. The Morgan fingerprint density at radius 2 is 0.659 bits per heavy atom. The van der Waals surface area contributed by atoms with Crippen LogP contribution < -0.4 is 4.89 Å². The van der Waals surface area contributed by atoms with Crippen molar-refractivity contribution in [3.8, 4) is 0 Å². The van der Waals surface area contributed by atoms with Crippen molar-refractivity contribution in [2.24, 2.45) is 0 Å². The van der Waals surface area contributed by atoms with Crippen LogP contribution in [-0.2, 0) is 32.7 Å². The number of unbranched alkanes of at least 4 members (excludes halogenated alkanes) is 23. The van der Waals surface area contributed by atoms with E-state index in [0.29, 0.717) is 23.9 Å². The Kier molecular flexibility index (Phi) is 58.8. The lowest BCUT2D eigenvalue weighted by Gasteiger charge is -2.28. The molecule has 468 valence electrons. The van der Waals surface area contributed by atoms with E-state index in [1.807, 2.05) is 21.1 Å². The van der Waals surface area contributed by atoms with Crippen LogP contribution in [0.5, 0.6) is 0 Å². The van der Waals surface area contributed by atoms with Crippen molar-refractivity contribution >= 4 is 19.8 Å². The summed E-state index contributed by atoms with van der Waals surface area (Å²) >= 11 is 0. The van der Waals surface area contributed by atoms with Crippen LogP contribution in [0.4, 0.5) is 0 Å². The van der Waals surface area contributed by atoms with E-state index >= 15 is 0 Å². The molecule has 0 heterocycles. The Labute approximate surface area is 504 Å². The Morgan fingerprint density at radius 1 is 0.378 bits per heavy atom. The van der Waals surface area contributed by atoms with Crippen molar-refractivity contribution in [1.82, 2.24) is 0 Å². The van der Waals surface area contributed by atoms with E-state index in [0.717, 1.165) is 116 Å². The molecule has 0 rings (SSSR count). The van der Waals surface area contributed by atoms with Crippen molar-refractivity contribution in [1.29, 1.82) is 0 Å². The smallest absolute Gasteiger partial charge is 0.306 e. The first kappa shape index (κ1) is 78.1. The Hall–Kier alpha value is -3.85. The molecule has 0 aliphatic heterocycles. The average Bonchev–Trinajstić information content (AvgIpc) is 3.45. The maximum Gasteiger partial charge on any atom is 0.306 e. The molecule has 2 unspecified atom stereocenters. The van der Waals surface area contributed by atoms with Crippen LogP contribution >= 0.6 is 7.82 Å². The van der Waals surface area contributed by atoms with Crippen molar-refractivity contribution in [3.63, 3.8) is 0 Å². The van der Waals surface area contributed by atoms with Gasteiger partial charge in [0.1, 0.15) is 19.8 Å². The summed E-state index contributed by atoms with van der Waals surface area (Å²) in [5.41, 5.74) is 0. The summed E-state index contributed by atoms with van der Waals surface area (Å²) in [5, 5.41) is 0. The second kappa shape index (κ2) is 61.7. The van der Waals surface area contributed by atoms with Crippen LogP contribution in [0.25, 0.3) is 0 Å². The van der Waals surface area contributed by atoms with Crippen molar-refractivity contribution in [2.45, 2.75) is 264 Å². The molecule has 0 aliphatic rings. The first-order valence-corrected chi connectivity index (χ1v) is 34.4. The number of rotatable bonds is 59. The van der Waals surface area contributed by atoms with Gasteiger partial charge in [-0.05, 0) is 109 Å². The number of ether oxygens (including phenoxy) is 2. The fourth-order valence-electron chi connectivity index (χ4n) is 8.69. The summed E-state index contributed by atoms with van der Waals surface area (Å²) in [6, 6.07) is 0. The van der Waals surface area contributed by atoms with E-state index in [4.69, 9.17) is 18.5 Å². The number of carbonyl (C=O) groups is 2. The van der Waals surface area contributed by atoms with Gasteiger partial charge in [-0.2, -0.15) is 0 Å². The number of hydrogen-bond donors (Lipinski definition) is 0. The normalized spacial score (nSPS) is 14.1. The third kappa shape index (κ3) is 65.3. The minimum atomic E-state index is -4.65. The van der Waals surface area contributed by atoms with Crippen molar-refractivity contribution in [3.05, 3.63) is 134 Å². The van der Waals surface area contributed by atoms with Crippen LogP contribution in [0.15, 0.2) is 134 Å². The fraction of sp³-hybridized carbons (Fsp3) is 0.667. The molecule has 0 radical (unpaired) electrons. The maximum absolute atomic E-state index is 12.8. The summed E-state index contributed by atoms with van der Waals surface area (Å²) in [6.07, 6.45) is 89.6. The molecule has 0 aromatic heterocycles. The van der Waals surface area contributed by atoms with Gasteiger partial charge in [-0.15, -0.1) is 0 Å². The summed E-state index contributed by atoms with van der Waals surface area (Å²) in [5.74, 6) is -0.862. The molecule has 0 N–H and O–H groups in total. The molecule has 0 amide bonds. The van der Waals surface area contributed by atoms with Gasteiger partial charge in [0.05, 0.1) is 27.7 Å². The van der Waals surface area contributed by atoms with Gasteiger partial charge in [-0.25, -0.2) is 0 Å². The van der Waals surface area contributed by atoms with E-state index in [-0.39, 0.29) is 26.1 Å². The molecular formula is C72H122NO8P. The molecular weight excluding hydrogens is 1040 g/mol. The van der Waals surface area contributed by atoms with E-state index in [2.05, 4.69) is 148 Å². The number of nitrogens with zero attached hydrogens (tertiary/aromatic N) is 1. The Balaban J connectivity index is 4.00. The number of carbonyl (C=O) groups excluding carboxylic acids is 2. The van der Waals surface area contributed by atoms with Gasteiger partial charge in [0, 0.05) is 12.8 Å². The highest BCUT2D eigenvalue weighted by Crippen LogP contribution is 2.38. The first-order chi connectivity index (χ1) is 40.0. The van der Waals surface area contributed by atoms with Crippen LogP contribution in [0, 0.1) is 0 Å². The largest absolute Gasteiger partial charge is 0.756 e. The van der Waals surface area contributed by atoms with Gasteiger partial charge < -0.3 is 27.9 Å². The van der Waals surface area contributed by atoms with Crippen LogP contribution in [-0.4, -0.2) is 70.0 Å². The topological polar surface area (TPSA) is 111 Å². The number of esters is 2. The molecule has 0 fully saturated rings. The molecule has 0 bridgehead atoms. The minimum absolute atomic E-state index is 0.0396. The maximum atomic E-state index is 12.8. The third-order valence-electron chi connectivity index (χ3n) is 13.7. The zero-order chi connectivity index (χ0) is 59.8. The number of likely N-dealkylation sites (N-methyl/N-ethyl adjacent to an activating group) is 1. The molecule has 0 aromatic rings. The highest BCUT2D eigenvalue weighted by molar-refractivity contribution is 7.45. The molecule has 0 saturated heterocycles. The molecule has 0 spiro atoms. The van der Waals surface area contributed by atoms with Crippen LogP contribution in [0.3, 0.4) is 0 Å². The third-order valence-corrected chi connectivity index (χ3v) is 14.6. The second-order valence-corrected chi connectivity index (χ2v) is 24.1. The van der Waals surface area contributed by atoms with Crippen molar-refractivity contribution < 1.29 is 42.1 Å². The van der Waals surface area contributed by atoms with E-state index in [1.165, 1.54) is 103 Å². The highest BCUT2D eigenvalue weighted by Gasteiger charge is 2.22. The number of hydrogen-bond acceptors (Lipinski definition) is 8. The van der Waals surface area contributed by atoms with Gasteiger partial charge >= 0.3 is 11.9 Å². The minimum Gasteiger partial charge on any atom is -0.756 e. The summed E-state index contributed by atoms with van der Waals surface area (Å²) in [7, 11) is 1.14. The average molecular weight is 1160 g/mol. The number of phosphoric ester groups is 1. The lowest BCUT2D eigenvalue weighted by Crippen LogP contribution is -2.37. The Bertz CT molecular complexity index is 1850. The monoisotopic (exact) mass is 1160 g/mol. The van der Waals surface area contributed by atoms with E-state index in [1.54, 1.807) is 0 Å². The van der Waals surface area contributed by atoms with E-state index in [9.17, 15) is 19.0 Å². The molecule has 10 heteroatoms. The Morgan fingerprint density at radius 3 is 0.976 bits per heavy atom. The molecule has 0 aromatic carbocycles. The summed E-state index contributed by atoms with van der Waals surface area (Å²) in [6.45, 7) is 3.98. The highest BCUT2D eigenvalue weighted by atomic mass is 31.2. The number of quaternary nitrogens is 1. The lowest BCUT2D eigenvalue weighted by atomic mass is 10.0. The number of phosphoric acid groups is 1. The predicted octanol–water partition coefficient (Wildman–Crippen LogP) is 20.6. The van der Waals surface area contributed by atoms with Gasteiger partial charge in [0.25, 0.3) is 7.82 Å². The zero-order valence-corrected chi connectivity index (χ0v) is 54.0. The zero-order valence-electron chi connectivity index (χ0n) is 53.1. The predicted molar refractivity (Wildman–Crippen MR) is 351 cm³/mol. The van der Waals surface area contributed by atoms with Gasteiger partial charge in [0.2, 0.25) is 0 Å². The van der Waals surface area contributed by atoms with Gasteiger partial charge in [0.15, 0.2) is 6.10 Å². The summed E-state index contributed by atoms with van der Waals surface area (Å²) < 4.78 is 34.2. The second-order valence-electron chi connectivity index (χ2n) is 22.7. The molecule has 9 nitrogen and oxygen atoms in total. The first-order valence-electron chi connectivity index (χ1n) is 32.9. The standard InChI is InChI=1S/C72H122NO8P/c1-6-8-10-12-14-16-18-20-22-24-25-26-27-28-29-30-31-32-33-34-35-36-37-38-39-40-41-42-43-44-45-46-47-49-51-53-55-57-59-61-63-65-72(75)81-70(69-80-82(76,77)79-67-66-73(3,4)5)68-78-71(74)64-62-60-58-56-54-52-50-48-23-21-19-17-15-13-11-9-7-2/h8-11,14-17,20-23,25-26,28-29,31-32,34-35,50,52,70H,6-7,12-13,18-19,24,27,30,33,36-49,51,53-69H2,1-5H3/b10-8-,11-9-,16-14-,17-15-,22-20-,23-21-,26-25-,29-28-,32-31-,35-34-,52-50-. The quantitative estimate of drug-likeness (QED) is 0.0195. The van der Waals surface area contributed by atoms with Gasteiger partial charge in [-0.1, -0.05) is 270 Å². The van der Waals surface area contributed by atoms with Crippen molar-refractivity contribution in [2.75, 3.05) is 47.5 Å². The molecule has 0 saturated carbocycles. The van der Waals surface area contributed by atoms with Crippen LogP contribution in [0.1, 0.15) is 258 Å². The number of allylic oxidation sites excluding steroid dienone is 22. The SMILES string of the molecule is CC/C=C\C/C=C\C/C=C\C/C=C\C/C=C\C/C=C\C/C=C\CCCCCCCCCCCCCCCCCCCCCC(=O)OC(COC(=O)CCCCCC/C=C\C/C=C\C/C=C\C/C=C\CC)COP(=O)([O-])OCC[N+](C)(C)C. The van der Waals surface area contributed by atoms with Gasteiger partial charge in [-0.3, -0.25) is 14.2 Å².